The molecule has 1 saturated heterocycles. The van der Waals surface area contributed by atoms with Crippen molar-refractivity contribution < 1.29 is 19.4 Å². The average Bonchev–Trinajstić information content (AvgIpc) is 3.63. The lowest BCUT2D eigenvalue weighted by molar-refractivity contribution is -0.167. The van der Waals surface area contributed by atoms with Gasteiger partial charge in [0.25, 0.3) is 0 Å². The Morgan fingerprint density at radius 1 is 1.19 bits per heavy atom. The molecule has 0 bridgehead atoms. The number of hydrogen-bond donors (Lipinski definition) is 3. The number of carbonyl (C=O) groups excluding carboxylic acids is 2. The molecule has 8 heteroatoms. The molecular formula is C28H32N4O4. The third-order valence-corrected chi connectivity index (χ3v) is 7.87. The number of H-pyrrole nitrogens is 1. The predicted octanol–water partition coefficient (Wildman–Crippen LogP) is 3.10. The van der Waals surface area contributed by atoms with Crippen LogP contribution in [0.25, 0.3) is 10.9 Å². The van der Waals surface area contributed by atoms with Crippen molar-refractivity contribution in [1.82, 2.24) is 20.1 Å². The summed E-state index contributed by atoms with van der Waals surface area (Å²) in [7, 11) is 1.64. The number of nitrogens with one attached hydrogen (secondary N) is 2. The fourth-order valence-electron chi connectivity index (χ4n) is 5.95. The number of methoxy groups -OCH3 is 1. The van der Waals surface area contributed by atoms with Crippen LogP contribution in [0.15, 0.2) is 42.5 Å². The van der Waals surface area contributed by atoms with Crippen LogP contribution in [0, 0.1) is 0 Å². The van der Waals surface area contributed by atoms with E-state index in [2.05, 4.69) is 10.3 Å². The van der Waals surface area contributed by atoms with Crippen LogP contribution in [-0.2, 0) is 16.0 Å². The molecule has 1 aliphatic carbocycles. The highest BCUT2D eigenvalue weighted by Gasteiger charge is 2.55. The lowest BCUT2D eigenvalue weighted by Crippen LogP contribution is -2.69. The highest BCUT2D eigenvalue weighted by molar-refractivity contribution is 6.00. The molecule has 0 unspecified atom stereocenters. The molecule has 2 aliphatic heterocycles. The number of ether oxygens (including phenoxy) is 1. The molecule has 2 fully saturated rings. The van der Waals surface area contributed by atoms with Crippen molar-refractivity contribution in [3.8, 4) is 11.5 Å². The van der Waals surface area contributed by atoms with Crippen LogP contribution < -0.4 is 10.1 Å². The van der Waals surface area contributed by atoms with E-state index in [1.54, 1.807) is 35.1 Å². The molecule has 3 N–H and O–H groups in total. The zero-order valence-electron chi connectivity index (χ0n) is 20.7. The van der Waals surface area contributed by atoms with E-state index in [0.717, 1.165) is 46.4 Å². The van der Waals surface area contributed by atoms with Crippen molar-refractivity contribution in [3.05, 3.63) is 59.3 Å². The van der Waals surface area contributed by atoms with Gasteiger partial charge in [-0.15, -0.1) is 0 Å². The minimum absolute atomic E-state index is 0.0263. The van der Waals surface area contributed by atoms with E-state index < -0.39 is 11.6 Å². The lowest BCUT2D eigenvalue weighted by atomic mass is 9.78. The number of phenolic OH excluding ortho intramolecular Hbond substituents is 1. The number of benzene rings is 2. The summed E-state index contributed by atoms with van der Waals surface area (Å²) in [5.41, 5.74) is 2.54. The largest absolute Gasteiger partial charge is 0.508 e. The van der Waals surface area contributed by atoms with E-state index in [1.807, 2.05) is 31.2 Å². The normalized spacial score (nSPS) is 23.7. The topological polar surface area (TPSA) is 97.9 Å². The number of nitrogens with zero attached hydrogens (tertiary/aromatic N) is 2. The van der Waals surface area contributed by atoms with Gasteiger partial charge in [-0.05, 0) is 74.2 Å². The standard InChI is InChI=1S/C28H32N4O4/c1-28-15-22-21-14-20(36-2)9-10-23(21)30-25(22)26(17-5-3-6-19(33)13-17)32(28)24(34)16-31(27(28)35)12-4-11-29-18-7-8-18/h3,5-6,9-10,13-14,18,26,29-30,33H,4,7-8,11-12,15-16H2,1-2H3/t26-,28+/m1/s1. The first-order valence-electron chi connectivity index (χ1n) is 12.7. The van der Waals surface area contributed by atoms with Gasteiger partial charge in [-0.2, -0.15) is 0 Å². The third kappa shape index (κ3) is 3.71. The van der Waals surface area contributed by atoms with Crippen LogP contribution in [0.3, 0.4) is 0 Å². The summed E-state index contributed by atoms with van der Waals surface area (Å²) in [6, 6.07) is 12.9. The number of hydrogen-bond acceptors (Lipinski definition) is 5. The number of rotatable bonds is 7. The molecule has 188 valence electrons. The maximum atomic E-state index is 14.0. The summed E-state index contributed by atoms with van der Waals surface area (Å²) < 4.78 is 5.48. The SMILES string of the molecule is COc1ccc2[nH]c3c(c2c1)C[C@@]1(C)C(=O)N(CCCNC2CC2)CC(=O)N1[C@@H]3c1cccc(O)c1. The first kappa shape index (κ1) is 22.9. The fourth-order valence-corrected chi connectivity index (χ4v) is 5.95. The van der Waals surface area contributed by atoms with Crippen LogP contribution >= 0.6 is 0 Å². The third-order valence-electron chi connectivity index (χ3n) is 7.87. The zero-order chi connectivity index (χ0) is 25.0. The van der Waals surface area contributed by atoms with Gasteiger partial charge in [0.05, 0.1) is 19.7 Å². The molecular weight excluding hydrogens is 456 g/mol. The molecule has 2 amide bonds. The molecule has 2 aromatic carbocycles. The van der Waals surface area contributed by atoms with Crippen molar-refractivity contribution in [2.75, 3.05) is 26.7 Å². The van der Waals surface area contributed by atoms with E-state index in [-0.39, 0.29) is 24.1 Å². The number of aromatic nitrogens is 1. The Labute approximate surface area is 210 Å². The van der Waals surface area contributed by atoms with Gasteiger partial charge in [0.1, 0.15) is 17.0 Å². The molecule has 36 heavy (non-hydrogen) atoms. The molecule has 1 saturated carbocycles. The molecule has 3 aromatic rings. The molecule has 0 radical (unpaired) electrons. The van der Waals surface area contributed by atoms with E-state index in [0.29, 0.717) is 19.0 Å². The highest BCUT2D eigenvalue weighted by Crippen LogP contribution is 2.47. The van der Waals surface area contributed by atoms with Crippen molar-refractivity contribution >= 4 is 22.7 Å². The Balaban J connectivity index is 1.43. The second-order valence-corrected chi connectivity index (χ2v) is 10.4. The summed E-state index contributed by atoms with van der Waals surface area (Å²) in [6.07, 6.45) is 3.67. The Morgan fingerprint density at radius 2 is 2.03 bits per heavy atom. The number of amides is 2. The summed E-state index contributed by atoms with van der Waals surface area (Å²) in [5.74, 6) is 0.755. The average molecular weight is 489 g/mol. The van der Waals surface area contributed by atoms with E-state index in [9.17, 15) is 14.7 Å². The first-order valence-corrected chi connectivity index (χ1v) is 12.7. The Hall–Kier alpha value is -3.52. The van der Waals surface area contributed by atoms with Crippen LogP contribution in [0.5, 0.6) is 11.5 Å². The zero-order valence-corrected chi connectivity index (χ0v) is 20.7. The maximum absolute atomic E-state index is 14.0. The van der Waals surface area contributed by atoms with Gasteiger partial charge in [0.15, 0.2) is 0 Å². The summed E-state index contributed by atoms with van der Waals surface area (Å²) >= 11 is 0. The maximum Gasteiger partial charge on any atom is 0.249 e. The van der Waals surface area contributed by atoms with E-state index in [4.69, 9.17) is 4.74 Å². The van der Waals surface area contributed by atoms with Crippen LogP contribution in [0.1, 0.15) is 49.0 Å². The van der Waals surface area contributed by atoms with Crippen LogP contribution in [0.2, 0.25) is 0 Å². The second kappa shape index (κ2) is 8.55. The van der Waals surface area contributed by atoms with Crippen molar-refractivity contribution in [2.45, 2.75) is 50.2 Å². The fraction of sp³-hybridized carbons (Fsp3) is 0.429. The quantitative estimate of drug-likeness (QED) is 0.444. The predicted molar refractivity (Wildman–Crippen MR) is 136 cm³/mol. The van der Waals surface area contributed by atoms with E-state index >= 15 is 0 Å². The van der Waals surface area contributed by atoms with Crippen LogP contribution in [0.4, 0.5) is 0 Å². The highest BCUT2D eigenvalue weighted by atomic mass is 16.5. The molecule has 3 aliphatic rings. The van der Waals surface area contributed by atoms with E-state index in [1.165, 1.54) is 12.8 Å². The van der Waals surface area contributed by atoms with Crippen molar-refractivity contribution in [2.24, 2.45) is 0 Å². The number of aromatic amines is 1. The van der Waals surface area contributed by atoms with Gasteiger partial charge in [-0.25, -0.2) is 0 Å². The number of piperazine rings is 1. The molecule has 6 rings (SSSR count). The van der Waals surface area contributed by atoms with Gasteiger partial charge in [0.2, 0.25) is 11.8 Å². The Bertz CT molecular complexity index is 1350. The number of aromatic hydroxyl groups is 1. The molecule has 3 heterocycles. The number of carbonyl (C=O) groups is 2. The summed E-state index contributed by atoms with van der Waals surface area (Å²) in [5, 5.41) is 14.7. The van der Waals surface area contributed by atoms with Crippen molar-refractivity contribution in [1.29, 1.82) is 0 Å². The molecule has 0 spiro atoms. The number of phenols is 1. The summed E-state index contributed by atoms with van der Waals surface area (Å²) in [4.78, 5) is 34.8. The molecule has 2 atom stereocenters. The number of fused-ring (bicyclic) bond motifs is 4. The van der Waals surface area contributed by atoms with Gasteiger partial charge < -0.3 is 29.9 Å². The van der Waals surface area contributed by atoms with Gasteiger partial charge in [0, 0.05) is 35.6 Å². The minimum atomic E-state index is -1.04. The van der Waals surface area contributed by atoms with Gasteiger partial charge in [-0.3, -0.25) is 9.59 Å². The molecule has 8 nitrogen and oxygen atoms in total. The Morgan fingerprint density at radius 3 is 2.78 bits per heavy atom. The second-order valence-electron chi connectivity index (χ2n) is 10.4. The lowest BCUT2D eigenvalue weighted by Gasteiger charge is -2.53. The summed E-state index contributed by atoms with van der Waals surface area (Å²) in [6.45, 7) is 3.36. The first-order chi connectivity index (χ1) is 17.4. The minimum Gasteiger partial charge on any atom is -0.508 e. The Kier molecular flexibility index (Phi) is 5.44. The van der Waals surface area contributed by atoms with Gasteiger partial charge in [-0.1, -0.05) is 12.1 Å². The van der Waals surface area contributed by atoms with Crippen molar-refractivity contribution in [3.63, 3.8) is 0 Å². The smallest absolute Gasteiger partial charge is 0.249 e. The van der Waals surface area contributed by atoms with Gasteiger partial charge >= 0.3 is 0 Å². The monoisotopic (exact) mass is 488 g/mol. The molecule has 1 aromatic heterocycles. The van der Waals surface area contributed by atoms with Crippen LogP contribution in [-0.4, -0.2) is 70.0 Å².